The van der Waals surface area contributed by atoms with Gasteiger partial charge in [0.05, 0.1) is 34.2 Å². The Kier molecular flexibility index (Phi) is 67.3. The number of halogens is 3. The number of hydrogen-bond donors (Lipinski definition) is 3. The SMILES string of the molecule is C.C.C.C.C.CC.CC.CC.CC.CC#[C][Sn]([CH2]CCC)([CH2]CCC)[CH2]CCC.CCN=[N+]=[N-].CCn1nnc(-c2ccc(F)nc2C)c1C.CCn1nnc(-c2ccc(N3CCc4cccc(C(=O)NC)c4C3)nc2C)c1C.CCn1nnc(C)c1C.CNC(=O)c1cccc2c1CNCC2.Cc1nc(F)ccc1Br. The van der Waals surface area contributed by atoms with Crippen LogP contribution in [0.2, 0.25) is 13.3 Å². The molecule has 0 atom stereocenters. The van der Waals surface area contributed by atoms with Crippen LogP contribution in [0.15, 0.2) is 82.4 Å². The molecule has 0 saturated carbocycles. The van der Waals surface area contributed by atoms with Crippen LogP contribution in [0.25, 0.3) is 33.0 Å². The first-order valence-corrected chi connectivity index (χ1v) is 46.5. The van der Waals surface area contributed by atoms with E-state index in [1.165, 1.54) is 75.1 Å². The quantitative estimate of drug-likeness (QED) is 0.0181. The third-order valence-corrected chi connectivity index (χ3v) is 31.3. The maximum Gasteiger partial charge on any atom is 0.251 e. The van der Waals surface area contributed by atoms with Crippen molar-refractivity contribution >= 4 is 51.9 Å². The molecule has 8 aromatic rings. The Morgan fingerprint density at radius 2 is 0.991 bits per heavy atom. The van der Waals surface area contributed by atoms with Gasteiger partial charge in [0.1, 0.15) is 17.2 Å². The number of amides is 2. The van der Waals surface area contributed by atoms with E-state index in [2.05, 4.69) is 157 Å². The molecular weight excluding hydrogens is 1570 g/mol. The summed E-state index contributed by atoms with van der Waals surface area (Å²) in [5, 5.41) is 36.3. The minimum absolute atomic E-state index is 0. The Morgan fingerprint density at radius 1 is 0.568 bits per heavy atom. The standard InChI is InChI=1S/C22H26N6O.C11H13FN4.C11H14N2O.C6H5BrFN.C6H11N3.3C4H9.C3H3.C2H5N3.4C2H6.5CH4.Sn/c1-5-28-15(3)21(25-26-28)17-9-10-20(24-14(17)2)27-12-11-16-7-6-8-18(19(16)13-27)22(29)23-4;1-4-16-8(3)11(14-15-16)9-5-6-10(12)13-7(9)2;1-12-11(14)9-4-2-3-8-5-6-13-7-10(8)9;1-4-5(7)2-3-6(8)9-4;1-4-9-6(3)5(2)7-8-9;3*1-3-4-2;1-3-2;1-2-4-5-3;4*1-2;;;;;;/h6-10H,5,11-13H2,1-4H3,(H,23,29);5-6H,4H2,1-3H3;2-4,13H,5-7H2,1H3,(H,12,14);2-3H,1H3;4H2,1-3H3;3*1,3-4H2,2H3;1H3;2H2,1H3;4*1-2H3;5*1H4;. The number of carbonyl (C=O) groups excluding carboxylic acids is 2. The molecule has 624 valence electrons. The third-order valence-electron chi connectivity index (χ3n) is 17.0. The Morgan fingerprint density at radius 3 is 1.35 bits per heavy atom. The van der Waals surface area contributed by atoms with E-state index >= 15 is 0 Å². The maximum atomic E-state index is 12.9. The molecule has 10 rings (SSSR count). The van der Waals surface area contributed by atoms with E-state index in [9.17, 15) is 18.4 Å². The van der Waals surface area contributed by atoms with Crippen LogP contribution < -0.4 is 20.9 Å². The first kappa shape index (κ1) is 114. The van der Waals surface area contributed by atoms with Gasteiger partial charge in [0.15, 0.2) is 0 Å². The smallest absolute Gasteiger partial charge is 0.251 e. The molecule has 0 unspecified atom stereocenters. The van der Waals surface area contributed by atoms with Crippen LogP contribution in [0.3, 0.4) is 0 Å². The topological polar surface area (TPSA) is 253 Å². The molecule has 2 aromatic carbocycles. The van der Waals surface area contributed by atoms with Crippen molar-refractivity contribution in [2.45, 2.75) is 294 Å². The molecular formula is C86H148BrF2N19O2Sn. The summed E-state index contributed by atoms with van der Waals surface area (Å²) in [5.74, 6) is 3.26. The number of aromatic nitrogens is 12. The molecule has 2 aliphatic rings. The van der Waals surface area contributed by atoms with Crippen LogP contribution >= 0.6 is 15.9 Å². The number of fused-ring (bicyclic) bond motifs is 2. The first-order chi connectivity index (χ1) is 51.1. The van der Waals surface area contributed by atoms with Crippen LogP contribution in [-0.4, -0.2) is 124 Å². The number of pyridine rings is 3. The zero-order valence-electron chi connectivity index (χ0n) is 69.0. The number of nitrogens with zero attached hydrogens (tertiary/aromatic N) is 16. The van der Waals surface area contributed by atoms with Crippen LogP contribution in [0.4, 0.5) is 14.6 Å². The Labute approximate surface area is 684 Å². The van der Waals surface area contributed by atoms with Gasteiger partial charge in [-0.25, -0.2) is 29.0 Å². The van der Waals surface area contributed by atoms with E-state index in [0.717, 1.165) is 136 Å². The minimum atomic E-state index is -2.02. The molecule has 3 N–H and O–H groups in total. The summed E-state index contributed by atoms with van der Waals surface area (Å²) in [7, 11) is 3.33. The van der Waals surface area contributed by atoms with Crippen molar-refractivity contribution in [2.24, 2.45) is 5.11 Å². The van der Waals surface area contributed by atoms with E-state index in [0.29, 0.717) is 24.5 Å². The van der Waals surface area contributed by atoms with Crippen molar-refractivity contribution in [1.29, 1.82) is 0 Å². The molecule has 21 nitrogen and oxygen atoms in total. The van der Waals surface area contributed by atoms with Crippen molar-refractivity contribution in [2.75, 3.05) is 38.6 Å². The summed E-state index contributed by atoms with van der Waals surface area (Å²) in [4.78, 5) is 40.8. The molecule has 0 bridgehead atoms. The van der Waals surface area contributed by atoms with E-state index in [1.807, 2.05) is 137 Å². The summed E-state index contributed by atoms with van der Waals surface area (Å²) in [6.07, 6.45) is 10.2. The fraction of sp³-hybridized carbons (Fsp3) is 0.570. The first-order valence-electron chi connectivity index (χ1n) is 38.2. The summed E-state index contributed by atoms with van der Waals surface area (Å²) < 4.78 is 39.8. The molecule has 0 saturated heterocycles. The van der Waals surface area contributed by atoms with Gasteiger partial charge in [0.2, 0.25) is 11.9 Å². The molecule has 0 radical (unpaired) electrons. The fourth-order valence-corrected chi connectivity index (χ4v) is 25.0. The van der Waals surface area contributed by atoms with Crippen molar-refractivity contribution in [3.8, 4) is 32.4 Å². The van der Waals surface area contributed by atoms with Crippen molar-refractivity contribution in [3.05, 3.63) is 173 Å². The van der Waals surface area contributed by atoms with Gasteiger partial charge in [-0.15, -0.1) is 15.3 Å². The van der Waals surface area contributed by atoms with Gasteiger partial charge in [-0.1, -0.05) is 144 Å². The predicted molar refractivity (Wildman–Crippen MR) is 475 cm³/mol. The number of rotatable bonds is 18. The van der Waals surface area contributed by atoms with Gasteiger partial charge in [0.25, 0.3) is 11.8 Å². The third kappa shape index (κ3) is 37.5. The minimum Gasteiger partial charge on any atom is -0.355 e. The molecule has 0 spiro atoms. The molecule has 0 fully saturated rings. The second-order valence-corrected chi connectivity index (χ2v) is 36.8. The van der Waals surface area contributed by atoms with Gasteiger partial charge in [-0.2, -0.15) is 8.78 Å². The zero-order valence-corrected chi connectivity index (χ0v) is 73.4. The van der Waals surface area contributed by atoms with Crippen molar-refractivity contribution in [1.82, 2.24) is 75.9 Å². The number of nitrogens with one attached hydrogen (secondary N) is 3. The fourth-order valence-electron chi connectivity index (χ4n) is 11.3. The van der Waals surface area contributed by atoms with Crippen LogP contribution in [0.1, 0.15) is 269 Å². The normalized spacial score (nSPS) is 10.5. The Bertz CT molecular complexity index is 3910. The summed E-state index contributed by atoms with van der Waals surface area (Å²) >= 11 is 1.18. The van der Waals surface area contributed by atoms with Gasteiger partial charge in [-0.3, -0.25) is 9.59 Å². The summed E-state index contributed by atoms with van der Waals surface area (Å²) in [6, 6.07) is 22.0. The number of unbranched alkanes of at least 4 members (excludes halogenated alkanes) is 3. The largest absolute Gasteiger partial charge is 0.355 e. The van der Waals surface area contributed by atoms with Crippen molar-refractivity contribution < 1.29 is 18.4 Å². The number of anilines is 1. The summed E-state index contributed by atoms with van der Waals surface area (Å²) in [5.41, 5.74) is 23.8. The predicted octanol–water partition coefficient (Wildman–Crippen LogP) is 22.9. The monoisotopic (exact) mass is 1720 g/mol. The molecule has 0 aliphatic carbocycles. The number of carbonyl (C=O) groups is 2. The van der Waals surface area contributed by atoms with Gasteiger partial charge < -0.3 is 20.9 Å². The maximum absolute atomic E-state index is 12.9. The molecule has 6 aromatic heterocycles. The van der Waals surface area contributed by atoms with E-state index < -0.39 is 30.3 Å². The molecule has 111 heavy (non-hydrogen) atoms. The van der Waals surface area contributed by atoms with Gasteiger partial charge in [-0.05, 0) is 181 Å². The average molecular weight is 1720 g/mol. The average Bonchev–Trinajstić information content (AvgIpc) is 1.78. The van der Waals surface area contributed by atoms with Crippen LogP contribution in [0, 0.1) is 70.2 Å². The second-order valence-electron chi connectivity index (χ2n) is 23.7. The number of azide groups is 1. The number of hydrogen-bond acceptors (Lipinski definition) is 14. The number of aryl methyl sites for hydroxylation is 7. The molecule has 2 aliphatic heterocycles. The van der Waals surface area contributed by atoms with Gasteiger partial charge in [0, 0.05) is 97.2 Å². The zero-order chi connectivity index (χ0) is 80.3. The summed E-state index contributed by atoms with van der Waals surface area (Å²) in [6.45, 7) is 52.8. The van der Waals surface area contributed by atoms with Gasteiger partial charge >= 0.3 is 108 Å². The molecule has 25 heteroatoms. The van der Waals surface area contributed by atoms with Crippen LogP contribution in [-0.2, 0) is 45.6 Å². The second kappa shape index (κ2) is 65.6. The number of benzene rings is 2. The van der Waals surface area contributed by atoms with Crippen LogP contribution in [0.5, 0.6) is 0 Å². The molecule has 8 heterocycles. The molecule has 2 amide bonds. The Balaban J connectivity index is -0.000000297. The van der Waals surface area contributed by atoms with E-state index in [4.69, 9.17) is 10.5 Å². The Hall–Kier alpha value is -7.98. The van der Waals surface area contributed by atoms with E-state index in [-0.39, 0.29) is 48.9 Å². The van der Waals surface area contributed by atoms with E-state index in [1.54, 1.807) is 51.7 Å². The van der Waals surface area contributed by atoms with Crippen molar-refractivity contribution in [3.63, 3.8) is 0 Å².